The summed E-state index contributed by atoms with van der Waals surface area (Å²) in [4.78, 5) is 22.6. The molecule has 0 aliphatic heterocycles. The number of carbonyl (C=O) groups is 2. The fourth-order valence-electron chi connectivity index (χ4n) is 3.71. The molecule has 0 aromatic heterocycles. The predicted octanol–water partition coefficient (Wildman–Crippen LogP) is 3.78. The molecule has 2 aliphatic rings. The number of hydrogen-bond acceptors (Lipinski definition) is 8. The Labute approximate surface area is 207 Å². The van der Waals surface area contributed by atoms with Crippen molar-refractivity contribution >= 4 is 51.4 Å². The highest BCUT2D eigenvalue weighted by Gasteiger charge is 2.45. The molecule has 0 amide bonds. The van der Waals surface area contributed by atoms with Gasteiger partial charge >= 0.3 is 11.9 Å². The Morgan fingerprint density at radius 3 is 1.21 bits per heavy atom. The van der Waals surface area contributed by atoms with E-state index >= 15 is 0 Å². The quantitative estimate of drug-likeness (QED) is 0.394. The lowest BCUT2D eigenvalue weighted by molar-refractivity contribution is -0.143. The summed E-state index contributed by atoms with van der Waals surface area (Å²) >= 11 is 0. The number of ether oxygens (including phenoxy) is 2. The van der Waals surface area contributed by atoms with E-state index in [1.807, 2.05) is 0 Å². The van der Waals surface area contributed by atoms with Gasteiger partial charge in [-0.05, 0) is 60.1 Å². The zero-order valence-corrected chi connectivity index (χ0v) is 21.3. The predicted molar refractivity (Wildman–Crippen MR) is 125 cm³/mol. The topological polar surface area (TPSA) is 121 Å². The third-order valence-corrected chi connectivity index (χ3v) is 8.51. The summed E-state index contributed by atoms with van der Waals surface area (Å²) in [6.07, 6.45) is 1.50. The van der Waals surface area contributed by atoms with Gasteiger partial charge < -0.3 is 9.47 Å². The molecule has 2 aromatic rings. The molecule has 2 aliphatic carbocycles. The van der Waals surface area contributed by atoms with Gasteiger partial charge in [0.05, 0.1) is 35.8 Å². The van der Waals surface area contributed by atoms with E-state index in [-0.39, 0.29) is 45.4 Å². The summed E-state index contributed by atoms with van der Waals surface area (Å²) in [7, 11) is 5.78. The highest BCUT2D eigenvalue weighted by atomic mass is 35.7. The van der Waals surface area contributed by atoms with Crippen molar-refractivity contribution in [3.05, 3.63) is 59.7 Å². The molecular weight excluding hydrogens is 527 g/mol. The largest absolute Gasteiger partial charge is 0.469 e. The van der Waals surface area contributed by atoms with E-state index in [1.54, 1.807) is 24.3 Å². The smallest absolute Gasteiger partial charge is 0.309 e. The van der Waals surface area contributed by atoms with Gasteiger partial charge in [0.2, 0.25) is 0 Å². The molecule has 0 heterocycles. The standard InChI is InChI=1S/2C11H11ClO4S/c2*1-16-11(13)10-6-9(10)7-2-4-8(5-3-7)17(12,14)15/h2*2-5,9-10H,6H2,1H3/t2*9-,10+/m10/s1. The number of benzene rings is 2. The van der Waals surface area contributed by atoms with Crippen molar-refractivity contribution in [1.29, 1.82) is 0 Å². The molecule has 2 fully saturated rings. The van der Waals surface area contributed by atoms with Crippen LogP contribution in [0.1, 0.15) is 35.8 Å². The molecule has 0 N–H and O–H groups in total. The van der Waals surface area contributed by atoms with E-state index in [9.17, 15) is 26.4 Å². The van der Waals surface area contributed by atoms with Crippen LogP contribution in [0.2, 0.25) is 0 Å². The Balaban J connectivity index is 0.000000191. The molecule has 184 valence electrons. The summed E-state index contributed by atoms with van der Waals surface area (Å²) in [5.41, 5.74) is 1.87. The normalized spacial score (nSPS) is 23.2. The van der Waals surface area contributed by atoms with Crippen LogP contribution in [0.3, 0.4) is 0 Å². The average molecular weight is 549 g/mol. The fourth-order valence-corrected chi connectivity index (χ4v) is 5.25. The second kappa shape index (κ2) is 10.2. The van der Waals surface area contributed by atoms with Gasteiger partial charge in [-0.25, -0.2) is 16.8 Å². The number of esters is 2. The van der Waals surface area contributed by atoms with E-state index in [1.165, 1.54) is 38.5 Å². The summed E-state index contributed by atoms with van der Waals surface area (Å²) in [5.74, 6) is -0.367. The monoisotopic (exact) mass is 548 g/mol. The van der Waals surface area contributed by atoms with Crippen LogP contribution in [-0.4, -0.2) is 43.0 Å². The fraction of sp³-hybridized carbons (Fsp3) is 0.364. The zero-order valence-electron chi connectivity index (χ0n) is 18.2. The SMILES string of the molecule is COC(=O)[C@@H]1C[C@H]1c1ccc(S(=O)(=O)Cl)cc1.COC(=O)[C@H]1C[C@@H]1c1ccc(S(=O)(=O)Cl)cc1. The maximum absolute atomic E-state index is 11.2. The van der Waals surface area contributed by atoms with Gasteiger partial charge in [0.25, 0.3) is 18.1 Å². The van der Waals surface area contributed by atoms with Gasteiger partial charge in [0, 0.05) is 21.4 Å². The van der Waals surface area contributed by atoms with Crippen LogP contribution < -0.4 is 0 Å². The molecule has 2 aromatic carbocycles. The molecule has 4 rings (SSSR count). The summed E-state index contributed by atoms with van der Waals surface area (Å²) in [6.45, 7) is 0. The maximum atomic E-state index is 11.2. The third-order valence-electron chi connectivity index (χ3n) is 5.77. The molecule has 8 nitrogen and oxygen atoms in total. The van der Waals surface area contributed by atoms with Crippen LogP contribution in [-0.2, 0) is 37.2 Å². The van der Waals surface area contributed by atoms with Crippen LogP contribution >= 0.6 is 21.4 Å². The average Bonchev–Trinajstić information content (AvgIpc) is 3.71. The second-order valence-electron chi connectivity index (χ2n) is 7.96. The van der Waals surface area contributed by atoms with Crippen molar-refractivity contribution in [2.75, 3.05) is 14.2 Å². The van der Waals surface area contributed by atoms with Gasteiger partial charge in [0.1, 0.15) is 0 Å². The van der Waals surface area contributed by atoms with E-state index in [2.05, 4.69) is 9.47 Å². The minimum atomic E-state index is -3.68. The Hall–Kier alpha value is -2.14. The highest BCUT2D eigenvalue weighted by Crippen LogP contribution is 2.49. The lowest BCUT2D eigenvalue weighted by atomic mass is 10.1. The molecule has 0 unspecified atom stereocenters. The van der Waals surface area contributed by atoms with Crippen molar-refractivity contribution in [1.82, 2.24) is 0 Å². The molecule has 0 bridgehead atoms. The number of hydrogen-bond donors (Lipinski definition) is 0. The molecule has 34 heavy (non-hydrogen) atoms. The third kappa shape index (κ3) is 6.50. The van der Waals surface area contributed by atoms with Gasteiger partial charge in [-0.3, -0.25) is 9.59 Å². The Morgan fingerprint density at radius 2 is 0.971 bits per heavy atom. The van der Waals surface area contributed by atoms with E-state index in [4.69, 9.17) is 21.4 Å². The van der Waals surface area contributed by atoms with E-state index < -0.39 is 18.1 Å². The molecule has 2 saturated carbocycles. The molecule has 0 radical (unpaired) electrons. The van der Waals surface area contributed by atoms with Crippen molar-refractivity contribution in [3.63, 3.8) is 0 Å². The van der Waals surface area contributed by atoms with E-state index in [0.29, 0.717) is 0 Å². The number of methoxy groups -OCH3 is 2. The summed E-state index contributed by atoms with van der Waals surface area (Å²) in [6, 6.07) is 12.5. The van der Waals surface area contributed by atoms with Crippen molar-refractivity contribution in [2.24, 2.45) is 11.8 Å². The first kappa shape index (κ1) is 26.5. The van der Waals surface area contributed by atoms with Gasteiger partial charge in [0.15, 0.2) is 0 Å². The molecule has 12 heteroatoms. The van der Waals surface area contributed by atoms with Crippen LogP contribution in [0.25, 0.3) is 0 Å². The van der Waals surface area contributed by atoms with Crippen LogP contribution in [0.15, 0.2) is 58.3 Å². The molecular formula is C22H22Cl2O8S2. The minimum absolute atomic E-state index is 0.0678. The summed E-state index contributed by atoms with van der Waals surface area (Å²) in [5, 5.41) is 0. The maximum Gasteiger partial charge on any atom is 0.309 e. The number of rotatable bonds is 6. The second-order valence-corrected chi connectivity index (χ2v) is 13.1. The zero-order chi connectivity index (χ0) is 25.3. The highest BCUT2D eigenvalue weighted by molar-refractivity contribution is 8.14. The number of halogens is 2. The van der Waals surface area contributed by atoms with Gasteiger partial charge in [-0.2, -0.15) is 0 Å². The lowest BCUT2D eigenvalue weighted by Gasteiger charge is -2.01. The summed E-state index contributed by atoms with van der Waals surface area (Å²) < 4.78 is 53.5. The van der Waals surface area contributed by atoms with Crippen molar-refractivity contribution < 1.29 is 35.9 Å². The lowest BCUT2D eigenvalue weighted by Crippen LogP contribution is -2.03. The van der Waals surface area contributed by atoms with Gasteiger partial charge in [-0.1, -0.05) is 24.3 Å². The first-order valence-corrected chi connectivity index (χ1v) is 14.7. The Morgan fingerprint density at radius 1 is 0.676 bits per heavy atom. The van der Waals surface area contributed by atoms with Crippen molar-refractivity contribution in [2.45, 2.75) is 34.5 Å². The molecule has 0 spiro atoms. The van der Waals surface area contributed by atoms with Crippen LogP contribution in [0.5, 0.6) is 0 Å². The van der Waals surface area contributed by atoms with Crippen LogP contribution in [0.4, 0.5) is 0 Å². The molecule has 0 saturated heterocycles. The van der Waals surface area contributed by atoms with Gasteiger partial charge in [-0.15, -0.1) is 0 Å². The Bertz CT molecular complexity index is 1170. The first-order valence-electron chi connectivity index (χ1n) is 10.1. The first-order chi connectivity index (χ1) is 15.9. The minimum Gasteiger partial charge on any atom is -0.469 e. The van der Waals surface area contributed by atoms with Crippen LogP contribution in [0, 0.1) is 11.8 Å². The molecule has 4 atom stereocenters. The van der Waals surface area contributed by atoms with Crippen molar-refractivity contribution in [3.8, 4) is 0 Å². The van der Waals surface area contributed by atoms with E-state index in [0.717, 1.165) is 24.0 Å². The number of carbonyl (C=O) groups excluding carboxylic acids is 2. The Kier molecular flexibility index (Phi) is 7.96.